The van der Waals surface area contributed by atoms with Crippen molar-refractivity contribution in [1.82, 2.24) is 14.9 Å². The van der Waals surface area contributed by atoms with E-state index in [4.69, 9.17) is 4.74 Å². The number of amides is 1. The minimum Gasteiger partial charge on any atom is -0.364 e. The number of nitrogens with zero attached hydrogens (tertiary/aromatic N) is 4. The van der Waals surface area contributed by atoms with Crippen molar-refractivity contribution in [3.63, 3.8) is 0 Å². The highest BCUT2D eigenvalue weighted by Crippen LogP contribution is 2.43. The van der Waals surface area contributed by atoms with Crippen LogP contribution in [0.25, 0.3) is 0 Å². The van der Waals surface area contributed by atoms with E-state index in [2.05, 4.69) is 27.0 Å². The van der Waals surface area contributed by atoms with E-state index in [-0.39, 0.29) is 18.6 Å². The molecule has 130 valence electrons. The van der Waals surface area contributed by atoms with Crippen LogP contribution in [-0.4, -0.2) is 53.6 Å². The van der Waals surface area contributed by atoms with Gasteiger partial charge >= 0.3 is 0 Å². The fraction of sp³-hybridized carbons (Fsp3) is 0.421. The summed E-state index contributed by atoms with van der Waals surface area (Å²) in [5, 5.41) is 0. The molecule has 25 heavy (non-hydrogen) atoms. The number of carbonyl (C=O) groups is 1. The predicted molar refractivity (Wildman–Crippen MR) is 94.2 cm³/mol. The number of likely N-dealkylation sites (N-methyl/N-ethyl adjacent to an activating group) is 1. The van der Waals surface area contributed by atoms with Gasteiger partial charge in [0, 0.05) is 32.5 Å². The van der Waals surface area contributed by atoms with E-state index in [0.29, 0.717) is 6.54 Å². The highest BCUT2D eigenvalue weighted by Gasteiger charge is 2.52. The standard InChI is InChI=1S/C19H22N4O2/c1-14-18(21-10-9-20-14)23-11-8-19(15-6-4-3-5-7-15)16(12-23)25-13-17(24)22(19)2/h3-7,9-10,16H,8,11-13H2,1-2H3/t16-,19+/m1/s1. The zero-order valence-corrected chi connectivity index (χ0v) is 14.6. The highest BCUT2D eigenvalue weighted by molar-refractivity contribution is 5.79. The van der Waals surface area contributed by atoms with Crippen molar-refractivity contribution < 1.29 is 9.53 Å². The molecule has 2 atom stereocenters. The Labute approximate surface area is 147 Å². The molecule has 0 saturated carbocycles. The van der Waals surface area contributed by atoms with Crippen LogP contribution in [0.2, 0.25) is 0 Å². The van der Waals surface area contributed by atoms with E-state index >= 15 is 0 Å². The van der Waals surface area contributed by atoms with Gasteiger partial charge in [0.05, 0.1) is 11.2 Å². The fourth-order valence-electron chi connectivity index (χ4n) is 4.13. The van der Waals surface area contributed by atoms with Gasteiger partial charge < -0.3 is 14.5 Å². The number of aryl methyl sites for hydroxylation is 1. The number of fused-ring (bicyclic) bond motifs is 1. The molecule has 4 rings (SSSR count). The second kappa shape index (κ2) is 6.11. The Morgan fingerprint density at radius 1 is 1.20 bits per heavy atom. The van der Waals surface area contributed by atoms with Gasteiger partial charge in [-0.3, -0.25) is 9.78 Å². The van der Waals surface area contributed by atoms with Crippen molar-refractivity contribution in [1.29, 1.82) is 0 Å². The molecule has 2 aliphatic heterocycles. The molecule has 2 aliphatic rings. The minimum absolute atomic E-state index is 0.0317. The molecule has 0 radical (unpaired) electrons. The van der Waals surface area contributed by atoms with E-state index in [9.17, 15) is 4.79 Å². The summed E-state index contributed by atoms with van der Waals surface area (Å²) in [6.45, 7) is 3.58. The number of rotatable bonds is 2. The van der Waals surface area contributed by atoms with Gasteiger partial charge in [0.2, 0.25) is 5.91 Å². The van der Waals surface area contributed by atoms with Crippen molar-refractivity contribution in [3.05, 3.63) is 54.0 Å². The third-order valence-electron chi connectivity index (χ3n) is 5.49. The first-order valence-electron chi connectivity index (χ1n) is 8.59. The molecule has 2 saturated heterocycles. The van der Waals surface area contributed by atoms with Crippen molar-refractivity contribution in [2.24, 2.45) is 0 Å². The maximum absolute atomic E-state index is 12.4. The van der Waals surface area contributed by atoms with Gasteiger partial charge in [-0.25, -0.2) is 4.98 Å². The normalized spacial score (nSPS) is 26.5. The Hall–Kier alpha value is -2.47. The maximum atomic E-state index is 12.4. The van der Waals surface area contributed by atoms with Gasteiger partial charge in [-0.2, -0.15) is 0 Å². The summed E-state index contributed by atoms with van der Waals surface area (Å²) in [4.78, 5) is 25.4. The first-order chi connectivity index (χ1) is 12.1. The number of aromatic nitrogens is 2. The van der Waals surface area contributed by atoms with Crippen LogP contribution in [0.1, 0.15) is 17.7 Å². The van der Waals surface area contributed by atoms with Gasteiger partial charge in [0.25, 0.3) is 0 Å². The second-order valence-electron chi connectivity index (χ2n) is 6.70. The lowest BCUT2D eigenvalue weighted by Crippen LogP contribution is -2.67. The number of morpholine rings is 1. The van der Waals surface area contributed by atoms with E-state index in [1.165, 1.54) is 0 Å². The summed E-state index contributed by atoms with van der Waals surface area (Å²) in [7, 11) is 1.90. The lowest BCUT2D eigenvalue weighted by atomic mass is 9.76. The van der Waals surface area contributed by atoms with Crippen LogP contribution in [-0.2, 0) is 15.1 Å². The van der Waals surface area contributed by atoms with Gasteiger partial charge in [-0.15, -0.1) is 0 Å². The summed E-state index contributed by atoms with van der Waals surface area (Å²) in [5.74, 6) is 0.927. The topological polar surface area (TPSA) is 58.6 Å². The number of benzene rings is 1. The quantitative estimate of drug-likeness (QED) is 0.835. The molecule has 6 nitrogen and oxygen atoms in total. The lowest BCUT2D eigenvalue weighted by Gasteiger charge is -2.55. The van der Waals surface area contributed by atoms with E-state index in [0.717, 1.165) is 30.0 Å². The molecule has 0 bridgehead atoms. The van der Waals surface area contributed by atoms with E-state index in [1.807, 2.05) is 37.1 Å². The molecule has 1 amide bonds. The predicted octanol–water partition coefficient (Wildman–Crippen LogP) is 1.75. The Morgan fingerprint density at radius 2 is 1.96 bits per heavy atom. The smallest absolute Gasteiger partial charge is 0.249 e. The van der Waals surface area contributed by atoms with Crippen LogP contribution < -0.4 is 4.90 Å². The zero-order chi connectivity index (χ0) is 17.4. The van der Waals surface area contributed by atoms with Crippen molar-refractivity contribution in [3.8, 4) is 0 Å². The van der Waals surface area contributed by atoms with Gasteiger partial charge in [0.15, 0.2) is 0 Å². The van der Waals surface area contributed by atoms with E-state index in [1.54, 1.807) is 12.4 Å². The maximum Gasteiger partial charge on any atom is 0.249 e. The Morgan fingerprint density at radius 3 is 2.72 bits per heavy atom. The molecule has 3 heterocycles. The molecule has 0 N–H and O–H groups in total. The van der Waals surface area contributed by atoms with Gasteiger partial charge in [-0.05, 0) is 18.9 Å². The van der Waals surface area contributed by atoms with Gasteiger partial charge in [-0.1, -0.05) is 30.3 Å². The Bertz CT molecular complexity index is 782. The summed E-state index contributed by atoms with van der Waals surface area (Å²) < 4.78 is 6.03. The number of anilines is 1. The molecule has 0 unspecified atom stereocenters. The number of carbonyl (C=O) groups excluding carboxylic acids is 1. The average Bonchev–Trinajstić information content (AvgIpc) is 2.66. The van der Waals surface area contributed by atoms with Gasteiger partial charge in [0.1, 0.15) is 18.5 Å². The number of hydrogen-bond acceptors (Lipinski definition) is 5. The SMILES string of the molecule is Cc1nccnc1N1CC[C@]2(c3ccccc3)[C@@H](C1)OCC(=O)N2C. The van der Waals surface area contributed by atoms with Crippen LogP contribution in [0.5, 0.6) is 0 Å². The Kier molecular flexibility index (Phi) is 3.92. The van der Waals surface area contributed by atoms with Crippen LogP contribution >= 0.6 is 0 Å². The monoisotopic (exact) mass is 338 g/mol. The van der Waals surface area contributed by atoms with Crippen LogP contribution in [0.3, 0.4) is 0 Å². The zero-order valence-electron chi connectivity index (χ0n) is 14.6. The summed E-state index contributed by atoms with van der Waals surface area (Å²) in [6, 6.07) is 10.2. The van der Waals surface area contributed by atoms with Crippen LogP contribution in [0.4, 0.5) is 5.82 Å². The van der Waals surface area contributed by atoms with Crippen molar-refractivity contribution >= 4 is 11.7 Å². The highest BCUT2D eigenvalue weighted by atomic mass is 16.5. The number of piperidine rings is 1. The molecule has 2 aromatic rings. The first-order valence-corrected chi connectivity index (χ1v) is 8.59. The molecule has 6 heteroatoms. The summed E-state index contributed by atoms with van der Waals surface area (Å²) >= 11 is 0. The largest absolute Gasteiger partial charge is 0.364 e. The average molecular weight is 338 g/mol. The molecular weight excluding hydrogens is 316 g/mol. The molecule has 1 aromatic heterocycles. The minimum atomic E-state index is -0.427. The van der Waals surface area contributed by atoms with Crippen LogP contribution in [0, 0.1) is 6.92 Å². The third-order valence-corrected chi connectivity index (χ3v) is 5.49. The number of ether oxygens (including phenoxy) is 1. The first kappa shape index (κ1) is 16.0. The van der Waals surface area contributed by atoms with Crippen LogP contribution in [0.15, 0.2) is 42.7 Å². The molecular formula is C19H22N4O2. The van der Waals surface area contributed by atoms with E-state index < -0.39 is 5.54 Å². The third kappa shape index (κ3) is 2.48. The molecule has 0 aliphatic carbocycles. The summed E-state index contributed by atoms with van der Waals surface area (Å²) in [5.41, 5.74) is 1.62. The second-order valence-corrected chi connectivity index (χ2v) is 6.70. The summed E-state index contributed by atoms with van der Waals surface area (Å²) in [6.07, 6.45) is 4.12. The number of hydrogen-bond donors (Lipinski definition) is 0. The van der Waals surface area contributed by atoms with Crippen molar-refractivity contribution in [2.45, 2.75) is 25.0 Å². The molecule has 1 aromatic carbocycles. The van der Waals surface area contributed by atoms with Crippen molar-refractivity contribution in [2.75, 3.05) is 31.6 Å². The lowest BCUT2D eigenvalue weighted by molar-refractivity contribution is -0.173. The molecule has 2 fully saturated rings. The fourth-order valence-corrected chi connectivity index (χ4v) is 4.13. The Balaban J connectivity index is 1.72. The molecule has 0 spiro atoms.